The molecule has 0 saturated carbocycles. The van der Waals surface area contributed by atoms with E-state index in [4.69, 9.17) is 9.05 Å². The van der Waals surface area contributed by atoms with Gasteiger partial charge in [-0.1, -0.05) is 60.7 Å². The molecule has 200 valence electrons. The standard InChI is InChI=1S/C34H26N3O3P/c38-41(37-19-9-10-20-37)39-33-27(29-15-5-7-17-35-29)21-23-11-1-3-13-25(23)31(33)32-26-14-4-2-12-24(26)22-28(34(32)40-41)30-16-6-8-18-36-30/h1-8,11-18,21-22H,9-10,19-20H2. The minimum Gasteiger partial charge on any atom is -0.601 e. The second-order valence-corrected chi connectivity index (χ2v) is 12.3. The summed E-state index contributed by atoms with van der Waals surface area (Å²) in [6, 6.07) is 32.3. The van der Waals surface area contributed by atoms with Crippen molar-refractivity contribution in [1.29, 1.82) is 0 Å². The van der Waals surface area contributed by atoms with E-state index >= 15 is 4.89 Å². The fourth-order valence-corrected chi connectivity index (χ4v) is 7.96. The van der Waals surface area contributed by atoms with Gasteiger partial charge in [0.2, 0.25) is 0 Å². The Balaban J connectivity index is 1.57. The highest BCUT2D eigenvalue weighted by Crippen LogP contribution is 2.66. The molecule has 0 spiro atoms. The molecule has 1 saturated heterocycles. The average molecular weight is 556 g/mol. The fourth-order valence-electron chi connectivity index (χ4n) is 6.08. The van der Waals surface area contributed by atoms with Gasteiger partial charge in [-0.2, -0.15) is 0 Å². The summed E-state index contributed by atoms with van der Waals surface area (Å²) < 4.78 is 15.4. The van der Waals surface area contributed by atoms with Crippen LogP contribution >= 0.6 is 8.09 Å². The zero-order valence-corrected chi connectivity index (χ0v) is 23.1. The van der Waals surface area contributed by atoms with Crippen molar-refractivity contribution in [2.24, 2.45) is 0 Å². The van der Waals surface area contributed by atoms with Crippen molar-refractivity contribution in [3.8, 4) is 45.1 Å². The molecule has 2 aliphatic heterocycles. The predicted octanol–water partition coefficient (Wildman–Crippen LogP) is 7.69. The van der Waals surface area contributed by atoms with Crippen LogP contribution in [0.2, 0.25) is 0 Å². The summed E-state index contributed by atoms with van der Waals surface area (Å²) in [4.78, 5) is 24.4. The van der Waals surface area contributed by atoms with Crippen molar-refractivity contribution in [3.05, 3.63) is 109 Å². The lowest BCUT2D eigenvalue weighted by Gasteiger charge is -2.33. The van der Waals surface area contributed by atoms with Crippen LogP contribution in [0, 0.1) is 0 Å². The molecule has 0 unspecified atom stereocenters. The second-order valence-electron chi connectivity index (χ2n) is 10.4. The van der Waals surface area contributed by atoms with Gasteiger partial charge in [0.15, 0.2) is 11.5 Å². The Bertz CT molecular complexity index is 1790. The molecule has 0 aliphatic carbocycles. The Morgan fingerprint density at radius 2 is 1.07 bits per heavy atom. The van der Waals surface area contributed by atoms with E-state index in [0.29, 0.717) is 24.6 Å². The largest absolute Gasteiger partial charge is 0.601 e. The monoisotopic (exact) mass is 555 g/mol. The Kier molecular flexibility index (Phi) is 5.75. The Hall–Kier alpha value is -4.35. The average Bonchev–Trinajstić information content (AvgIpc) is 3.54. The third-order valence-electron chi connectivity index (χ3n) is 7.98. The van der Waals surface area contributed by atoms with Crippen molar-refractivity contribution in [3.63, 3.8) is 0 Å². The van der Waals surface area contributed by atoms with E-state index < -0.39 is 8.09 Å². The molecule has 0 radical (unpaired) electrons. The highest BCUT2D eigenvalue weighted by atomic mass is 31.2. The molecule has 0 amide bonds. The van der Waals surface area contributed by atoms with Crippen LogP contribution in [-0.2, 0) is 0 Å². The van der Waals surface area contributed by atoms with Gasteiger partial charge in [0.05, 0.1) is 11.4 Å². The maximum absolute atomic E-state index is 15.1. The van der Waals surface area contributed by atoms with Gasteiger partial charge in [0, 0.05) is 47.7 Å². The first-order chi connectivity index (χ1) is 20.2. The molecular weight excluding hydrogens is 529 g/mol. The Morgan fingerprint density at radius 3 is 1.54 bits per heavy atom. The van der Waals surface area contributed by atoms with Gasteiger partial charge in [-0.15, -0.1) is 4.67 Å². The summed E-state index contributed by atoms with van der Waals surface area (Å²) in [5, 5.41) is 4.05. The van der Waals surface area contributed by atoms with Gasteiger partial charge in [-0.25, -0.2) is 0 Å². The van der Waals surface area contributed by atoms with E-state index in [0.717, 1.165) is 68.0 Å². The van der Waals surface area contributed by atoms with E-state index in [1.54, 1.807) is 12.4 Å². The molecule has 6 aromatic rings. The van der Waals surface area contributed by atoms with E-state index in [-0.39, 0.29) is 0 Å². The van der Waals surface area contributed by atoms with Crippen LogP contribution in [-0.4, -0.2) is 27.7 Å². The first-order valence-corrected chi connectivity index (χ1v) is 15.4. The molecule has 41 heavy (non-hydrogen) atoms. The van der Waals surface area contributed by atoms with Crippen molar-refractivity contribution in [1.82, 2.24) is 14.6 Å². The second kappa shape index (κ2) is 9.64. The van der Waals surface area contributed by atoms with Crippen LogP contribution in [0.4, 0.5) is 0 Å². The van der Waals surface area contributed by atoms with Crippen LogP contribution in [0.3, 0.4) is 0 Å². The molecule has 4 heterocycles. The minimum atomic E-state index is -3.84. The number of nitrogens with zero attached hydrogens (tertiary/aromatic N) is 3. The zero-order chi connectivity index (χ0) is 27.4. The van der Waals surface area contributed by atoms with E-state index in [2.05, 4.69) is 46.4 Å². The lowest BCUT2D eigenvalue weighted by atomic mass is 9.87. The fraction of sp³-hybridized carbons (Fsp3) is 0.118. The predicted molar refractivity (Wildman–Crippen MR) is 162 cm³/mol. The highest BCUT2D eigenvalue weighted by molar-refractivity contribution is 7.57. The molecule has 1 fully saturated rings. The minimum absolute atomic E-state index is 0.528. The molecule has 0 N–H and O–H groups in total. The molecule has 6 nitrogen and oxygen atoms in total. The van der Waals surface area contributed by atoms with Crippen LogP contribution in [0.1, 0.15) is 12.8 Å². The maximum atomic E-state index is 15.1. The first kappa shape index (κ1) is 24.4. The molecule has 2 aliphatic rings. The van der Waals surface area contributed by atoms with Gasteiger partial charge >= 0.3 is 8.09 Å². The van der Waals surface area contributed by atoms with Gasteiger partial charge in [0.25, 0.3) is 0 Å². The summed E-state index contributed by atoms with van der Waals surface area (Å²) in [7, 11) is -3.84. The smallest absolute Gasteiger partial charge is 0.411 e. The van der Waals surface area contributed by atoms with Gasteiger partial charge in [0.1, 0.15) is 0 Å². The number of hydrogen-bond acceptors (Lipinski definition) is 6. The van der Waals surface area contributed by atoms with Crippen LogP contribution in [0.15, 0.2) is 109 Å². The van der Waals surface area contributed by atoms with E-state index in [1.165, 1.54) is 0 Å². The Labute approximate surface area is 238 Å². The van der Waals surface area contributed by atoms with Crippen molar-refractivity contribution < 1.29 is 13.9 Å². The summed E-state index contributed by atoms with van der Waals surface area (Å²) in [6.45, 7) is 1.28. The summed E-state index contributed by atoms with van der Waals surface area (Å²) in [5.74, 6) is 1.06. The SMILES string of the molecule is [O-][P+]1(N2CCCC2)Oc2c(-c3ccccn3)cc3ccccc3c2-c2c(c(-c3ccccn3)cc3ccccc23)O1. The molecule has 4 aromatic carbocycles. The number of aromatic nitrogens is 2. The number of hydrogen-bond donors (Lipinski definition) is 0. The van der Waals surface area contributed by atoms with Gasteiger partial charge in [-0.05, 0) is 70.8 Å². The van der Waals surface area contributed by atoms with Crippen LogP contribution < -0.4 is 13.9 Å². The summed E-state index contributed by atoms with van der Waals surface area (Å²) in [6.07, 6.45) is 5.41. The summed E-state index contributed by atoms with van der Waals surface area (Å²) >= 11 is 0. The molecule has 7 heteroatoms. The van der Waals surface area contributed by atoms with Crippen LogP contribution in [0.5, 0.6) is 11.5 Å². The van der Waals surface area contributed by atoms with E-state index in [1.807, 2.05) is 65.3 Å². The van der Waals surface area contributed by atoms with Crippen LogP contribution in [0.25, 0.3) is 55.2 Å². The number of benzene rings is 4. The Morgan fingerprint density at radius 1 is 0.610 bits per heavy atom. The third-order valence-corrected chi connectivity index (χ3v) is 9.90. The van der Waals surface area contributed by atoms with E-state index in [9.17, 15) is 0 Å². The quantitative estimate of drug-likeness (QED) is 0.209. The maximum Gasteiger partial charge on any atom is 0.411 e. The number of fused-ring (bicyclic) bond motifs is 7. The normalized spacial score (nSPS) is 16.0. The van der Waals surface area contributed by atoms with Crippen molar-refractivity contribution >= 4 is 29.6 Å². The summed E-state index contributed by atoms with van der Waals surface area (Å²) in [5.41, 5.74) is 4.76. The lowest BCUT2D eigenvalue weighted by Crippen LogP contribution is -2.36. The van der Waals surface area contributed by atoms with Gasteiger partial charge in [-0.3, -0.25) is 19.0 Å². The molecule has 8 rings (SSSR count). The number of pyridine rings is 2. The highest BCUT2D eigenvalue weighted by Gasteiger charge is 2.49. The van der Waals surface area contributed by atoms with Crippen molar-refractivity contribution in [2.45, 2.75) is 12.8 Å². The molecule has 0 bridgehead atoms. The van der Waals surface area contributed by atoms with Gasteiger partial charge < -0.3 is 4.89 Å². The molecule has 0 atom stereocenters. The molecular formula is C34H26N3O3P. The topological polar surface area (TPSA) is 70.5 Å². The third kappa shape index (κ3) is 3.98. The lowest BCUT2D eigenvalue weighted by molar-refractivity contribution is -0.216. The zero-order valence-electron chi connectivity index (χ0n) is 22.2. The molecule has 2 aromatic heterocycles. The first-order valence-electron chi connectivity index (χ1n) is 13.9. The van der Waals surface area contributed by atoms with Crippen molar-refractivity contribution in [2.75, 3.05) is 13.1 Å². The number of rotatable bonds is 3.